The molecular formula is C5H7FO3. The van der Waals surface area contributed by atoms with Crippen LogP contribution in [0.15, 0.2) is 0 Å². The molecule has 0 bridgehead atoms. The van der Waals surface area contributed by atoms with Crippen molar-refractivity contribution < 1.29 is 18.7 Å². The van der Waals surface area contributed by atoms with Crippen molar-refractivity contribution in [3.63, 3.8) is 0 Å². The highest BCUT2D eigenvalue weighted by atomic mass is 19.1. The van der Waals surface area contributed by atoms with Crippen LogP contribution in [0.4, 0.5) is 4.39 Å². The molecule has 0 aliphatic carbocycles. The average molecular weight is 134 g/mol. The van der Waals surface area contributed by atoms with Gasteiger partial charge in [-0.25, -0.2) is 9.18 Å². The maximum atomic E-state index is 11.7. The van der Waals surface area contributed by atoms with Gasteiger partial charge in [0.2, 0.25) is 12.1 Å². The Hall–Kier alpha value is -0.930. The zero-order chi connectivity index (χ0) is 7.44. The number of carbonyl (C=O) groups is 2. The molecule has 0 aromatic heterocycles. The highest BCUT2D eigenvalue weighted by Crippen LogP contribution is 1.91. The number of ketones is 1. The first-order valence-corrected chi connectivity index (χ1v) is 2.39. The van der Waals surface area contributed by atoms with Crippen molar-refractivity contribution in [3.05, 3.63) is 0 Å². The maximum Gasteiger partial charge on any atom is 0.376 e. The Morgan fingerprint density at radius 3 is 2.11 bits per heavy atom. The van der Waals surface area contributed by atoms with Crippen molar-refractivity contribution in [2.24, 2.45) is 0 Å². The summed E-state index contributed by atoms with van der Waals surface area (Å²) in [6, 6.07) is 0. The minimum Gasteiger partial charge on any atom is -0.426 e. The van der Waals surface area contributed by atoms with E-state index in [1.54, 1.807) is 0 Å². The summed E-state index contributed by atoms with van der Waals surface area (Å²) in [5.41, 5.74) is 0. The average Bonchev–Trinajstić information content (AvgIpc) is 1.63. The second-order valence-electron chi connectivity index (χ2n) is 1.50. The third-order valence-electron chi connectivity index (χ3n) is 0.557. The summed E-state index contributed by atoms with van der Waals surface area (Å²) in [7, 11) is 0. The quantitative estimate of drug-likeness (QED) is 0.406. The summed E-state index contributed by atoms with van der Waals surface area (Å²) >= 11 is 0. The summed E-state index contributed by atoms with van der Waals surface area (Å²) in [6.45, 7) is 2.05. The van der Waals surface area contributed by atoms with Gasteiger partial charge in [0.25, 0.3) is 0 Å². The van der Waals surface area contributed by atoms with Gasteiger partial charge in [0, 0.05) is 13.8 Å². The fraction of sp³-hybridized carbons (Fsp3) is 0.600. The number of alkyl halides is 1. The van der Waals surface area contributed by atoms with Gasteiger partial charge < -0.3 is 4.74 Å². The van der Waals surface area contributed by atoms with Crippen molar-refractivity contribution in [1.29, 1.82) is 0 Å². The van der Waals surface area contributed by atoms with Crippen LogP contribution in [0.25, 0.3) is 0 Å². The van der Waals surface area contributed by atoms with Crippen LogP contribution >= 0.6 is 0 Å². The monoisotopic (exact) mass is 134 g/mol. The first-order chi connectivity index (χ1) is 4.04. The molecule has 0 fully saturated rings. The molecule has 0 heterocycles. The molecule has 0 aromatic carbocycles. The second kappa shape index (κ2) is 3.17. The van der Waals surface area contributed by atoms with Crippen LogP contribution in [0.1, 0.15) is 13.8 Å². The number of esters is 1. The minimum atomic E-state index is -1.71. The van der Waals surface area contributed by atoms with Gasteiger partial charge in [-0.05, 0) is 0 Å². The molecule has 0 N–H and O–H groups in total. The van der Waals surface area contributed by atoms with E-state index in [4.69, 9.17) is 0 Å². The van der Waals surface area contributed by atoms with Crippen LogP contribution in [0, 0.1) is 0 Å². The van der Waals surface area contributed by atoms with Crippen LogP contribution < -0.4 is 0 Å². The molecule has 0 rings (SSSR count). The van der Waals surface area contributed by atoms with Crippen LogP contribution in [-0.4, -0.2) is 18.1 Å². The zero-order valence-electron chi connectivity index (χ0n) is 5.18. The van der Waals surface area contributed by atoms with Gasteiger partial charge in [-0.1, -0.05) is 0 Å². The summed E-state index contributed by atoms with van der Waals surface area (Å²) in [4.78, 5) is 20.2. The number of Topliss-reactive ketones (excluding diaryl/α,β-unsaturated/α-hetero) is 1. The van der Waals surface area contributed by atoms with E-state index in [1.165, 1.54) is 0 Å². The molecule has 1 unspecified atom stereocenters. The Morgan fingerprint density at radius 2 is 2.00 bits per heavy atom. The molecule has 0 saturated carbocycles. The van der Waals surface area contributed by atoms with E-state index < -0.39 is 18.1 Å². The van der Waals surface area contributed by atoms with Crippen LogP contribution in [-0.2, 0) is 14.3 Å². The van der Waals surface area contributed by atoms with Gasteiger partial charge in [0.1, 0.15) is 0 Å². The fourth-order valence-electron chi connectivity index (χ4n) is 0.230. The normalized spacial score (nSPS) is 12.3. The van der Waals surface area contributed by atoms with Gasteiger partial charge in [0.15, 0.2) is 0 Å². The van der Waals surface area contributed by atoms with E-state index in [-0.39, 0.29) is 0 Å². The van der Waals surface area contributed by atoms with Gasteiger partial charge in [0.05, 0.1) is 0 Å². The molecule has 0 aliphatic rings. The van der Waals surface area contributed by atoms with E-state index in [0.29, 0.717) is 0 Å². The molecule has 3 nitrogen and oxygen atoms in total. The number of carbonyl (C=O) groups excluding carboxylic acids is 2. The zero-order valence-corrected chi connectivity index (χ0v) is 5.18. The molecule has 1 atom stereocenters. The van der Waals surface area contributed by atoms with Crippen molar-refractivity contribution >= 4 is 11.8 Å². The van der Waals surface area contributed by atoms with E-state index >= 15 is 0 Å². The standard InChI is InChI=1S/C5H7FO3/c1-3(7)5(8)9-4(2)6/h4H,1-2H3. The lowest BCUT2D eigenvalue weighted by atomic mass is 10.5. The highest BCUT2D eigenvalue weighted by molar-refractivity contribution is 6.32. The summed E-state index contributed by atoms with van der Waals surface area (Å²) in [5.74, 6) is -1.93. The Morgan fingerprint density at radius 1 is 1.56 bits per heavy atom. The Labute approximate surface area is 51.8 Å². The molecule has 9 heavy (non-hydrogen) atoms. The number of ether oxygens (including phenoxy) is 1. The number of hydrogen-bond donors (Lipinski definition) is 0. The van der Waals surface area contributed by atoms with Crippen molar-refractivity contribution in [2.45, 2.75) is 20.2 Å². The number of halogens is 1. The molecule has 4 heteroatoms. The highest BCUT2D eigenvalue weighted by Gasteiger charge is 2.11. The van der Waals surface area contributed by atoms with E-state index in [2.05, 4.69) is 4.74 Å². The van der Waals surface area contributed by atoms with Gasteiger partial charge in [-0.3, -0.25) is 4.79 Å². The predicted octanol–water partition coefficient (Wildman–Crippen LogP) is 0.434. The van der Waals surface area contributed by atoms with Crippen LogP contribution in [0.3, 0.4) is 0 Å². The van der Waals surface area contributed by atoms with Crippen molar-refractivity contribution in [1.82, 2.24) is 0 Å². The Balaban J connectivity index is 3.65. The molecule has 0 amide bonds. The Bertz CT molecular complexity index is 130. The van der Waals surface area contributed by atoms with E-state index in [9.17, 15) is 14.0 Å². The number of rotatable bonds is 2. The third kappa shape index (κ3) is 3.64. The molecule has 0 aliphatic heterocycles. The third-order valence-corrected chi connectivity index (χ3v) is 0.557. The molecule has 0 spiro atoms. The SMILES string of the molecule is CC(=O)C(=O)OC(C)F. The maximum absolute atomic E-state index is 11.7. The summed E-state index contributed by atoms with van der Waals surface area (Å²) < 4.78 is 15.6. The summed E-state index contributed by atoms with van der Waals surface area (Å²) in [5, 5.41) is 0. The number of hydrogen-bond acceptors (Lipinski definition) is 3. The largest absolute Gasteiger partial charge is 0.426 e. The molecular weight excluding hydrogens is 127 g/mol. The topological polar surface area (TPSA) is 43.4 Å². The van der Waals surface area contributed by atoms with Gasteiger partial charge >= 0.3 is 5.97 Å². The van der Waals surface area contributed by atoms with Crippen LogP contribution in [0.5, 0.6) is 0 Å². The summed E-state index contributed by atoms with van der Waals surface area (Å²) in [6.07, 6.45) is -1.71. The fourth-order valence-corrected chi connectivity index (χ4v) is 0.230. The van der Waals surface area contributed by atoms with E-state index in [0.717, 1.165) is 13.8 Å². The van der Waals surface area contributed by atoms with Gasteiger partial charge in [-0.15, -0.1) is 0 Å². The molecule has 0 saturated heterocycles. The van der Waals surface area contributed by atoms with Gasteiger partial charge in [-0.2, -0.15) is 0 Å². The molecule has 52 valence electrons. The molecule has 0 aromatic rings. The lowest BCUT2D eigenvalue weighted by Gasteiger charge is -1.99. The van der Waals surface area contributed by atoms with E-state index in [1.807, 2.05) is 0 Å². The lowest BCUT2D eigenvalue weighted by Crippen LogP contribution is -2.17. The molecule has 0 radical (unpaired) electrons. The van der Waals surface area contributed by atoms with Crippen LogP contribution in [0.2, 0.25) is 0 Å². The Kier molecular flexibility index (Phi) is 2.84. The lowest BCUT2D eigenvalue weighted by molar-refractivity contribution is -0.162. The smallest absolute Gasteiger partial charge is 0.376 e. The first-order valence-electron chi connectivity index (χ1n) is 2.39. The van der Waals surface area contributed by atoms with Crippen molar-refractivity contribution in [3.8, 4) is 0 Å². The second-order valence-corrected chi connectivity index (χ2v) is 1.50. The first kappa shape index (κ1) is 8.07. The predicted molar refractivity (Wildman–Crippen MR) is 27.3 cm³/mol. The van der Waals surface area contributed by atoms with Crippen molar-refractivity contribution in [2.75, 3.05) is 0 Å². The minimum absolute atomic E-state index is 0.792.